The van der Waals surface area contributed by atoms with Gasteiger partial charge in [0.1, 0.15) is 6.04 Å². The van der Waals surface area contributed by atoms with Gasteiger partial charge in [0, 0.05) is 36.8 Å². The van der Waals surface area contributed by atoms with Gasteiger partial charge in [-0.25, -0.2) is 0 Å². The largest absolute Gasteiger partial charge is 0.340 e. The molecule has 2 heterocycles. The molecule has 0 radical (unpaired) electrons. The fourth-order valence-corrected chi connectivity index (χ4v) is 4.01. The summed E-state index contributed by atoms with van der Waals surface area (Å²) in [7, 11) is 0. The molecule has 2 amide bonds. The number of amides is 2. The van der Waals surface area contributed by atoms with Gasteiger partial charge < -0.3 is 15.5 Å². The van der Waals surface area contributed by atoms with Crippen molar-refractivity contribution in [3.63, 3.8) is 0 Å². The quantitative estimate of drug-likeness (QED) is 0.637. The van der Waals surface area contributed by atoms with Gasteiger partial charge in [0.05, 0.1) is 4.92 Å². The zero-order valence-corrected chi connectivity index (χ0v) is 15.8. The lowest BCUT2D eigenvalue weighted by Gasteiger charge is -2.29. The number of hydrogen-bond acceptors (Lipinski definition) is 5. The minimum atomic E-state index is -0.465. The van der Waals surface area contributed by atoms with E-state index in [-0.39, 0.29) is 22.9 Å². The van der Waals surface area contributed by atoms with Crippen LogP contribution in [0.3, 0.4) is 0 Å². The summed E-state index contributed by atoms with van der Waals surface area (Å²) in [5, 5.41) is 11.0. The molecule has 2 saturated heterocycles. The Bertz CT molecular complexity index is 781. The first-order chi connectivity index (χ1) is 12.8. The van der Waals surface area contributed by atoms with Gasteiger partial charge >= 0.3 is 0 Å². The first kappa shape index (κ1) is 19.3. The van der Waals surface area contributed by atoms with Gasteiger partial charge in [-0.1, -0.05) is 6.92 Å². The first-order valence-electron chi connectivity index (χ1n) is 9.30. The van der Waals surface area contributed by atoms with Gasteiger partial charge in [-0.05, 0) is 50.3 Å². The number of carbonyl (C=O) groups excluding carboxylic acids is 2. The summed E-state index contributed by atoms with van der Waals surface area (Å²) in [5.74, 6) is -0.263. The fourth-order valence-electron chi connectivity index (χ4n) is 4.01. The summed E-state index contributed by atoms with van der Waals surface area (Å²) in [6.07, 6.45) is 2.29. The van der Waals surface area contributed by atoms with E-state index in [0.717, 1.165) is 12.8 Å². The number of nitro benzene ring substituents is 1. The van der Waals surface area contributed by atoms with Crippen LogP contribution in [0.1, 0.15) is 42.1 Å². The van der Waals surface area contributed by atoms with Crippen molar-refractivity contribution in [3.8, 4) is 0 Å². The Balaban J connectivity index is 1.76. The SMILES string of the molecule is Cc1cc(C(=O)N2CCCC2C(=O)N2CCC(C)(CN)C2)ccc1[N+](=O)[O-]. The van der Waals surface area contributed by atoms with Gasteiger partial charge in [0.25, 0.3) is 11.6 Å². The molecule has 0 aromatic heterocycles. The molecule has 0 aliphatic carbocycles. The molecule has 146 valence electrons. The van der Waals surface area contributed by atoms with Crippen LogP contribution in [0.4, 0.5) is 5.69 Å². The molecule has 2 aliphatic heterocycles. The van der Waals surface area contributed by atoms with E-state index in [9.17, 15) is 19.7 Å². The first-order valence-corrected chi connectivity index (χ1v) is 9.30. The van der Waals surface area contributed by atoms with Gasteiger partial charge in [-0.15, -0.1) is 0 Å². The number of hydrogen-bond donors (Lipinski definition) is 1. The van der Waals surface area contributed by atoms with Gasteiger partial charge in [-0.3, -0.25) is 19.7 Å². The van der Waals surface area contributed by atoms with Crippen LogP contribution in [-0.2, 0) is 4.79 Å². The van der Waals surface area contributed by atoms with Crippen molar-refractivity contribution in [2.45, 2.75) is 39.2 Å². The van der Waals surface area contributed by atoms with Crippen molar-refractivity contribution in [2.75, 3.05) is 26.2 Å². The molecular formula is C19H26N4O4. The van der Waals surface area contributed by atoms with Crippen molar-refractivity contribution in [2.24, 2.45) is 11.1 Å². The number of benzene rings is 1. The molecule has 2 atom stereocenters. The Labute approximate surface area is 158 Å². The highest BCUT2D eigenvalue weighted by atomic mass is 16.6. The molecule has 1 aromatic carbocycles. The van der Waals surface area contributed by atoms with E-state index >= 15 is 0 Å². The molecule has 0 spiro atoms. The van der Waals surface area contributed by atoms with E-state index in [2.05, 4.69) is 6.92 Å². The molecule has 1 aromatic rings. The highest BCUT2D eigenvalue weighted by Gasteiger charge is 2.41. The van der Waals surface area contributed by atoms with E-state index < -0.39 is 11.0 Å². The number of nitro groups is 1. The molecular weight excluding hydrogens is 348 g/mol. The van der Waals surface area contributed by atoms with Crippen molar-refractivity contribution < 1.29 is 14.5 Å². The summed E-state index contributed by atoms with van der Waals surface area (Å²) in [6, 6.07) is 3.88. The average Bonchev–Trinajstić information content (AvgIpc) is 3.27. The van der Waals surface area contributed by atoms with Gasteiger partial charge in [0.2, 0.25) is 5.91 Å². The highest BCUT2D eigenvalue weighted by Crippen LogP contribution is 2.31. The fraction of sp³-hybridized carbons (Fsp3) is 0.579. The molecule has 27 heavy (non-hydrogen) atoms. The van der Waals surface area contributed by atoms with Crippen molar-refractivity contribution in [3.05, 3.63) is 39.4 Å². The summed E-state index contributed by atoms with van der Waals surface area (Å²) < 4.78 is 0. The Kier molecular flexibility index (Phi) is 5.19. The van der Waals surface area contributed by atoms with Crippen LogP contribution in [0.5, 0.6) is 0 Å². The predicted octanol–water partition coefficient (Wildman–Crippen LogP) is 1.71. The van der Waals surface area contributed by atoms with Crippen molar-refractivity contribution >= 4 is 17.5 Å². The Morgan fingerprint density at radius 2 is 2.11 bits per heavy atom. The molecule has 3 rings (SSSR count). The monoisotopic (exact) mass is 374 g/mol. The highest BCUT2D eigenvalue weighted by molar-refractivity contribution is 5.98. The van der Waals surface area contributed by atoms with Gasteiger partial charge in [0.15, 0.2) is 0 Å². The normalized spacial score (nSPS) is 25.1. The Morgan fingerprint density at radius 3 is 2.70 bits per heavy atom. The topological polar surface area (TPSA) is 110 Å². The minimum absolute atomic E-state index is 0.0151. The lowest BCUT2D eigenvalue weighted by molar-refractivity contribution is -0.385. The number of likely N-dealkylation sites (tertiary alicyclic amines) is 2. The molecule has 2 unspecified atom stereocenters. The van der Waals surface area contributed by atoms with E-state index in [1.165, 1.54) is 18.2 Å². The number of nitrogens with two attached hydrogens (primary N) is 1. The van der Waals surface area contributed by atoms with E-state index in [1.807, 2.05) is 4.90 Å². The number of nitrogens with zero attached hydrogens (tertiary/aromatic N) is 3. The summed E-state index contributed by atoms with van der Waals surface area (Å²) in [5.41, 5.74) is 6.58. The van der Waals surface area contributed by atoms with Crippen LogP contribution in [0, 0.1) is 22.5 Å². The van der Waals surface area contributed by atoms with Crippen LogP contribution in [0.25, 0.3) is 0 Å². The standard InChI is InChI=1S/C19H26N4O4/c1-13-10-14(5-6-15(13)23(26)27)17(24)22-8-3-4-16(22)18(25)21-9-7-19(2,11-20)12-21/h5-6,10,16H,3-4,7-9,11-12,20H2,1-2H3. The lowest BCUT2D eigenvalue weighted by atomic mass is 9.90. The van der Waals surface area contributed by atoms with E-state index in [0.29, 0.717) is 43.7 Å². The lowest BCUT2D eigenvalue weighted by Crippen LogP contribution is -2.47. The summed E-state index contributed by atoms with van der Waals surface area (Å²) in [6.45, 7) is 6.04. The molecule has 2 N–H and O–H groups in total. The van der Waals surface area contributed by atoms with Crippen molar-refractivity contribution in [1.82, 2.24) is 9.80 Å². The summed E-state index contributed by atoms with van der Waals surface area (Å²) >= 11 is 0. The second-order valence-electron chi connectivity index (χ2n) is 7.94. The van der Waals surface area contributed by atoms with E-state index in [4.69, 9.17) is 5.73 Å². The third kappa shape index (κ3) is 3.66. The smallest absolute Gasteiger partial charge is 0.272 e. The molecule has 8 nitrogen and oxygen atoms in total. The molecule has 2 aliphatic rings. The maximum absolute atomic E-state index is 13.0. The molecule has 0 bridgehead atoms. The third-order valence-electron chi connectivity index (χ3n) is 5.80. The second kappa shape index (κ2) is 7.26. The number of aryl methyl sites for hydroxylation is 1. The average molecular weight is 374 g/mol. The van der Waals surface area contributed by atoms with Crippen LogP contribution < -0.4 is 5.73 Å². The zero-order valence-electron chi connectivity index (χ0n) is 15.8. The predicted molar refractivity (Wildman–Crippen MR) is 100 cm³/mol. The Hall–Kier alpha value is -2.48. The molecule has 2 fully saturated rings. The molecule has 8 heteroatoms. The number of rotatable bonds is 4. The summed E-state index contributed by atoms with van der Waals surface area (Å²) in [4.78, 5) is 39.9. The van der Waals surface area contributed by atoms with E-state index in [1.54, 1.807) is 11.8 Å². The third-order valence-corrected chi connectivity index (χ3v) is 5.80. The van der Waals surface area contributed by atoms with Crippen LogP contribution >= 0.6 is 0 Å². The Morgan fingerprint density at radius 1 is 1.37 bits per heavy atom. The maximum atomic E-state index is 13.0. The van der Waals surface area contributed by atoms with Crippen LogP contribution in [0.15, 0.2) is 18.2 Å². The van der Waals surface area contributed by atoms with Crippen LogP contribution in [0.2, 0.25) is 0 Å². The number of carbonyl (C=O) groups is 2. The second-order valence-corrected chi connectivity index (χ2v) is 7.94. The minimum Gasteiger partial charge on any atom is -0.340 e. The zero-order chi connectivity index (χ0) is 19.8. The maximum Gasteiger partial charge on any atom is 0.272 e. The van der Waals surface area contributed by atoms with Gasteiger partial charge in [-0.2, -0.15) is 0 Å². The van der Waals surface area contributed by atoms with Crippen molar-refractivity contribution in [1.29, 1.82) is 0 Å². The molecule has 0 saturated carbocycles. The van der Waals surface area contributed by atoms with Crippen LogP contribution in [-0.4, -0.2) is 58.8 Å².